The third-order valence-electron chi connectivity index (χ3n) is 17.4. The number of methoxy groups -OCH3 is 3. The summed E-state index contributed by atoms with van der Waals surface area (Å²) >= 11 is 0. The topological polar surface area (TPSA) is 215 Å². The van der Waals surface area contributed by atoms with Crippen molar-refractivity contribution in [1.29, 1.82) is 0 Å². The standard InChI is InChI=1S/C65H93N5O13Si/c1-10-11-12-13-14-15-16-17-18-19-20-21-22-23-27-40-68(44-52-57(74)59(79-7)61(81-52)70-42-39-55(72)67-63(70)76)56(73)43-51-53(82-60(69-41-38-54(71)66-62(69)75)58(51)83-84(8,9)64(2,3)4)45-80-65(46-28-25-24-26-29-46,47-30-34-49(77-5)35-31-47)48-32-36-50(78-6)37-33-48/h24-26,28-39,41-42,51-53,57-61,74H,10-23,27,40,43-45H2,1-9H3,(H,66,71,75)(H,67,72,76)/t51-,52-,53-,57-,58-,59-,60-,61-/m1/s1. The summed E-state index contributed by atoms with van der Waals surface area (Å²) in [5.74, 6) is 0.242. The van der Waals surface area contributed by atoms with Gasteiger partial charge in [0.15, 0.2) is 20.8 Å². The first kappa shape index (κ1) is 65.6. The Morgan fingerprint density at radius 2 is 1.07 bits per heavy atom. The second kappa shape index (κ2) is 30.9. The first-order chi connectivity index (χ1) is 40.3. The molecule has 2 saturated heterocycles. The van der Waals surface area contributed by atoms with Gasteiger partial charge in [-0.3, -0.25) is 33.5 Å². The molecule has 0 saturated carbocycles. The molecular weight excluding hydrogens is 1090 g/mol. The number of aromatic nitrogens is 4. The molecular formula is C65H93N5O13Si. The van der Waals surface area contributed by atoms with Crippen molar-refractivity contribution in [2.24, 2.45) is 5.92 Å². The van der Waals surface area contributed by atoms with Crippen molar-refractivity contribution in [2.45, 2.75) is 197 Å². The van der Waals surface area contributed by atoms with Crippen LogP contribution < -0.4 is 32.0 Å². The zero-order valence-electron chi connectivity index (χ0n) is 51.1. The van der Waals surface area contributed by atoms with Crippen molar-refractivity contribution >= 4 is 14.2 Å². The van der Waals surface area contributed by atoms with E-state index in [0.29, 0.717) is 24.5 Å². The number of nitrogens with one attached hydrogen (secondary N) is 2. The van der Waals surface area contributed by atoms with Crippen molar-refractivity contribution in [3.05, 3.63) is 162 Å². The number of nitrogens with zero attached hydrogens (tertiary/aromatic N) is 3. The first-order valence-corrected chi connectivity index (χ1v) is 33.4. The Morgan fingerprint density at radius 3 is 1.52 bits per heavy atom. The van der Waals surface area contributed by atoms with E-state index in [1.807, 2.05) is 78.9 Å². The molecule has 4 heterocycles. The number of ether oxygens (including phenoxy) is 6. The van der Waals surface area contributed by atoms with Gasteiger partial charge in [-0.05, 0) is 65.5 Å². The Labute approximate surface area is 496 Å². The molecule has 0 aliphatic carbocycles. The van der Waals surface area contributed by atoms with Gasteiger partial charge in [-0.1, -0.05) is 172 Å². The molecule has 3 aromatic carbocycles. The molecule has 2 aliphatic rings. The van der Waals surface area contributed by atoms with Crippen LogP contribution in [0.25, 0.3) is 0 Å². The fourth-order valence-electron chi connectivity index (χ4n) is 11.5. The summed E-state index contributed by atoms with van der Waals surface area (Å²) in [6.45, 7) is 12.9. The number of amides is 1. The molecule has 460 valence electrons. The molecule has 0 spiro atoms. The minimum atomic E-state index is -2.79. The number of carbonyl (C=O) groups is 1. The second-order valence-corrected chi connectivity index (χ2v) is 28.9. The molecule has 18 nitrogen and oxygen atoms in total. The van der Waals surface area contributed by atoms with Gasteiger partial charge in [0.25, 0.3) is 11.1 Å². The summed E-state index contributed by atoms with van der Waals surface area (Å²) in [6, 6.07) is 27.6. The van der Waals surface area contributed by atoms with Gasteiger partial charge in [0.1, 0.15) is 35.4 Å². The van der Waals surface area contributed by atoms with Crippen molar-refractivity contribution in [3.8, 4) is 11.5 Å². The Bertz CT molecular complexity index is 3000. The summed E-state index contributed by atoms with van der Waals surface area (Å²) in [7, 11) is 1.85. The fourth-order valence-corrected chi connectivity index (χ4v) is 12.8. The van der Waals surface area contributed by atoms with Crippen LogP contribution in [0.4, 0.5) is 0 Å². The van der Waals surface area contributed by atoms with Gasteiger partial charge in [-0.15, -0.1) is 0 Å². The first-order valence-electron chi connectivity index (χ1n) is 30.4. The van der Waals surface area contributed by atoms with Crippen LogP contribution in [0.1, 0.15) is 160 Å². The zero-order chi connectivity index (χ0) is 60.4. The van der Waals surface area contributed by atoms with E-state index in [1.54, 1.807) is 19.1 Å². The van der Waals surface area contributed by atoms with Crippen LogP contribution in [-0.2, 0) is 33.8 Å². The van der Waals surface area contributed by atoms with E-state index in [2.05, 4.69) is 50.8 Å². The molecule has 2 fully saturated rings. The van der Waals surface area contributed by atoms with Crippen LogP contribution in [0.5, 0.6) is 11.5 Å². The summed E-state index contributed by atoms with van der Waals surface area (Å²) in [4.78, 5) is 74.0. The normalized spacial score (nSPS) is 21.0. The van der Waals surface area contributed by atoms with Crippen molar-refractivity contribution in [1.82, 2.24) is 24.0 Å². The SMILES string of the molecule is CCCCCCCCCCCCCCCCCN(C[C@H]1O[C@@H](n2ccc(=O)[nH]c2=O)[C@H](OC)[C@@H]1O)C(=O)C[C@H]1[C@@H](O[Si](C)(C)C(C)(C)C)[C@H](n2ccc(=O)[nH]c2=O)O[C@@H]1COC(c1ccccc1)(c1ccc(OC)cc1)c1ccc(OC)cc1. The third-order valence-corrected chi connectivity index (χ3v) is 21.9. The maximum Gasteiger partial charge on any atom is 0.330 e. The fraction of sp³-hybridized carbons (Fsp3) is 0.585. The highest BCUT2D eigenvalue weighted by Gasteiger charge is 2.54. The number of hydrogen-bond donors (Lipinski definition) is 3. The van der Waals surface area contributed by atoms with Gasteiger partial charge in [-0.25, -0.2) is 9.59 Å². The lowest BCUT2D eigenvalue weighted by Crippen LogP contribution is -2.50. The Balaban J connectivity index is 1.24. The highest BCUT2D eigenvalue weighted by atomic mass is 28.4. The molecule has 0 radical (unpaired) electrons. The average molecular weight is 1180 g/mol. The maximum atomic E-state index is 15.7. The van der Waals surface area contributed by atoms with Crippen LogP contribution >= 0.6 is 0 Å². The van der Waals surface area contributed by atoms with Gasteiger partial charge in [0.2, 0.25) is 5.91 Å². The summed E-state index contributed by atoms with van der Waals surface area (Å²) in [6.07, 6.45) is 12.8. The zero-order valence-corrected chi connectivity index (χ0v) is 52.1. The van der Waals surface area contributed by atoms with E-state index in [9.17, 15) is 24.3 Å². The molecule has 2 aliphatic heterocycles. The molecule has 84 heavy (non-hydrogen) atoms. The van der Waals surface area contributed by atoms with Crippen LogP contribution in [-0.4, -0.2) is 115 Å². The lowest BCUT2D eigenvalue weighted by atomic mass is 9.79. The van der Waals surface area contributed by atoms with E-state index in [4.69, 9.17) is 32.8 Å². The Kier molecular flexibility index (Phi) is 24.2. The predicted molar refractivity (Wildman–Crippen MR) is 327 cm³/mol. The summed E-state index contributed by atoms with van der Waals surface area (Å²) in [5, 5.41) is 11.6. The number of aliphatic hydroxyl groups is 1. The molecule has 0 bridgehead atoms. The highest BCUT2D eigenvalue weighted by Crippen LogP contribution is 2.47. The van der Waals surface area contributed by atoms with Gasteiger partial charge in [0, 0.05) is 57.1 Å². The highest BCUT2D eigenvalue weighted by molar-refractivity contribution is 6.74. The smallest absolute Gasteiger partial charge is 0.330 e. The number of aliphatic hydroxyl groups excluding tert-OH is 1. The Morgan fingerprint density at radius 1 is 0.619 bits per heavy atom. The molecule has 2 aromatic heterocycles. The van der Waals surface area contributed by atoms with Crippen LogP contribution in [0.15, 0.2) is 123 Å². The average Bonchev–Trinajstić information content (AvgIpc) is 3.79. The van der Waals surface area contributed by atoms with Crippen LogP contribution in [0, 0.1) is 5.92 Å². The molecule has 5 aromatic rings. The van der Waals surface area contributed by atoms with Crippen LogP contribution in [0.3, 0.4) is 0 Å². The second-order valence-electron chi connectivity index (χ2n) is 24.2. The minimum absolute atomic E-state index is 0.0650. The number of unbranched alkanes of at least 4 members (excludes halogenated alkanes) is 14. The minimum Gasteiger partial charge on any atom is -0.497 e. The number of H-pyrrole nitrogens is 2. The van der Waals surface area contributed by atoms with E-state index < -0.39 is 85.3 Å². The number of benzene rings is 3. The van der Waals surface area contributed by atoms with E-state index in [-0.39, 0.29) is 30.5 Å². The van der Waals surface area contributed by atoms with Gasteiger partial charge in [-0.2, -0.15) is 0 Å². The lowest BCUT2D eigenvalue weighted by Gasteiger charge is -2.41. The Hall–Kier alpha value is -5.93. The molecule has 8 atom stereocenters. The monoisotopic (exact) mass is 1180 g/mol. The number of hydrogen-bond acceptors (Lipinski definition) is 13. The molecule has 1 amide bonds. The summed E-state index contributed by atoms with van der Waals surface area (Å²) < 4.78 is 48.0. The number of aromatic amines is 2. The number of carbonyl (C=O) groups excluding carboxylic acids is 1. The quantitative estimate of drug-likeness (QED) is 0.0203. The number of rotatable bonds is 33. The van der Waals surface area contributed by atoms with Crippen LogP contribution in [0.2, 0.25) is 18.1 Å². The van der Waals surface area contributed by atoms with E-state index in [1.165, 1.54) is 105 Å². The van der Waals surface area contributed by atoms with Gasteiger partial charge >= 0.3 is 11.4 Å². The van der Waals surface area contributed by atoms with Crippen molar-refractivity contribution < 1.29 is 42.7 Å². The van der Waals surface area contributed by atoms with Crippen molar-refractivity contribution in [2.75, 3.05) is 41.0 Å². The van der Waals surface area contributed by atoms with E-state index in [0.717, 1.165) is 42.4 Å². The molecule has 0 unspecified atom stereocenters. The largest absolute Gasteiger partial charge is 0.497 e. The lowest BCUT2D eigenvalue weighted by molar-refractivity contribution is -0.137. The molecule has 7 rings (SSSR count). The van der Waals surface area contributed by atoms with E-state index >= 15 is 4.79 Å². The molecule has 19 heteroatoms. The van der Waals surface area contributed by atoms with Gasteiger partial charge in [0.05, 0.1) is 33.0 Å². The third kappa shape index (κ3) is 16.5. The van der Waals surface area contributed by atoms with Crippen molar-refractivity contribution in [3.63, 3.8) is 0 Å². The maximum absolute atomic E-state index is 15.7. The summed E-state index contributed by atoms with van der Waals surface area (Å²) in [5.41, 5.74) is -1.55. The molecule has 3 N–H and O–H groups in total. The predicted octanol–water partition coefficient (Wildman–Crippen LogP) is 10.4. The van der Waals surface area contributed by atoms with Gasteiger partial charge < -0.3 is 42.9 Å².